The second kappa shape index (κ2) is 4.56. The third-order valence-corrected chi connectivity index (χ3v) is 2.93. The van der Waals surface area contributed by atoms with Gasteiger partial charge >= 0.3 is 0 Å². The lowest BCUT2D eigenvalue weighted by atomic mass is 9.85. The van der Waals surface area contributed by atoms with Gasteiger partial charge in [0.25, 0.3) is 0 Å². The minimum absolute atomic E-state index is 0.744. The van der Waals surface area contributed by atoms with Crippen molar-refractivity contribution in [2.75, 3.05) is 7.11 Å². The van der Waals surface area contributed by atoms with E-state index in [2.05, 4.69) is 13.0 Å². The molecule has 0 bridgehead atoms. The molecule has 1 aromatic carbocycles. The minimum Gasteiger partial charge on any atom is -0.497 e. The minimum atomic E-state index is 0.744. The van der Waals surface area contributed by atoms with Crippen LogP contribution in [0.15, 0.2) is 0 Å². The lowest BCUT2D eigenvalue weighted by molar-refractivity contribution is 0.414. The lowest BCUT2D eigenvalue weighted by Gasteiger charge is -2.13. The van der Waals surface area contributed by atoms with Crippen LogP contribution >= 0.6 is 0 Å². The number of ether oxygens (including phenoxy) is 1. The van der Waals surface area contributed by atoms with Gasteiger partial charge in [0.1, 0.15) is 13.6 Å². The number of hydrogen-bond acceptors (Lipinski definition) is 1. The van der Waals surface area contributed by atoms with E-state index in [-0.39, 0.29) is 0 Å². The van der Waals surface area contributed by atoms with Gasteiger partial charge in [-0.15, -0.1) is 0 Å². The lowest BCUT2D eigenvalue weighted by Crippen LogP contribution is -2.36. The van der Waals surface area contributed by atoms with Crippen molar-refractivity contribution in [2.24, 2.45) is 0 Å². The number of methoxy groups -OCH3 is 1. The van der Waals surface area contributed by atoms with Crippen molar-refractivity contribution in [2.45, 2.75) is 27.7 Å². The first-order valence-corrected chi connectivity index (χ1v) is 5.13. The van der Waals surface area contributed by atoms with Gasteiger partial charge in [-0.05, 0) is 38.5 Å². The molecule has 0 aliphatic rings. The van der Waals surface area contributed by atoms with Crippen molar-refractivity contribution in [3.8, 4) is 5.75 Å². The van der Waals surface area contributed by atoms with E-state index >= 15 is 0 Å². The van der Waals surface area contributed by atoms with Crippen LogP contribution in [0.4, 0.5) is 0 Å². The zero-order valence-corrected chi connectivity index (χ0v) is 10.1. The Morgan fingerprint density at radius 1 is 1.00 bits per heavy atom. The molecular formula is C13H17BO. The molecule has 2 heteroatoms. The Balaban J connectivity index is 3.95. The monoisotopic (exact) mass is 200 g/mol. The molecule has 0 fully saturated rings. The van der Waals surface area contributed by atoms with Crippen molar-refractivity contribution in [3.05, 3.63) is 21.6 Å². The summed E-state index contributed by atoms with van der Waals surface area (Å²) in [5.74, 6) is 0.786. The molecule has 15 heavy (non-hydrogen) atoms. The van der Waals surface area contributed by atoms with Crippen molar-refractivity contribution in [1.29, 1.82) is 0 Å². The van der Waals surface area contributed by atoms with Crippen LogP contribution in [0.5, 0.6) is 5.75 Å². The molecule has 0 spiro atoms. The van der Waals surface area contributed by atoms with Crippen LogP contribution in [0, 0.1) is 13.8 Å². The van der Waals surface area contributed by atoms with Crippen molar-refractivity contribution in [1.82, 2.24) is 0 Å². The summed E-state index contributed by atoms with van der Waals surface area (Å²) in [6, 6.07) is 0. The van der Waals surface area contributed by atoms with E-state index in [0.29, 0.717) is 0 Å². The highest BCUT2D eigenvalue weighted by Gasteiger charge is 2.07. The van der Waals surface area contributed by atoms with Crippen LogP contribution in [-0.2, 0) is 0 Å². The predicted molar refractivity (Wildman–Crippen MR) is 67.4 cm³/mol. The molecule has 0 heterocycles. The standard InChI is InChI=1S/C13H17BO/c1-6-10-8(3)9(4)12(14)13(15-5)11(10)7-2/h6-7H,1-5H3/b10-6-,11-7+. The second-order valence-electron chi connectivity index (χ2n) is 3.60. The van der Waals surface area contributed by atoms with Crippen molar-refractivity contribution in [3.63, 3.8) is 0 Å². The maximum Gasteiger partial charge on any atom is 0.119 e. The third-order valence-electron chi connectivity index (χ3n) is 2.93. The summed E-state index contributed by atoms with van der Waals surface area (Å²) in [4.78, 5) is 0. The van der Waals surface area contributed by atoms with Crippen LogP contribution in [0.3, 0.4) is 0 Å². The van der Waals surface area contributed by atoms with Gasteiger partial charge < -0.3 is 4.74 Å². The normalized spacial score (nSPS) is 13.4. The highest BCUT2D eigenvalue weighted by molar-refractivity contribution is 6.35. The zero-order chi connectivity index (χ0) is 11.6. The Morgan fingerprint density at radius 2 is 1.53 bits per heavy atom. The summed E-state index contributed by atoms with van der Waals surface area (Å²) in [5.41, 5.74) is 3.07. The summed E-state index contributed by atoms with van der Waals surface area (Å²) >= 11 is 0. The smallest absolute Gasteiger partial charge is 0.119 e. The molecule has 0 saturated heterocycles. The molecule has 0 saturated carbocycles. The Morgan fingerprint density at radius 3 is 1.93 bits per heavy atom. The van der Waals surface area contributed by atoms with E-state index in [0.717, 1.165) is 22.0 Å². The summed E-state index contributed by atoms with van der Waals surface area (Å²) in [6.45, 7) is 8.15. The number of rotatable bonds is 1. The molecule has 0 aliphatic carbocycles. The highest BCUT2D eigenvalue weighted by Crippen LogP contribution is 2.03. The molecule has 2 radical (unpaired) electrons. The first-order valence-electron chi connectivity index (χ1n) is 5.13. The van der Waals surface area contributed by atoms with Gasteiger partial charge in [-0.2, -0.15) is 0 Å². The molecule has 0 aromatic heterocycles. The molecule has 0 amide bonds. The van der Waals surface area contributed by atoms with Crippen molar-refractivity contribution < 1.29 is 4.74 Å². The number of benzene rings is 1. The average molecular weight is 200 g/mol. The fraction of sp³-hybridized carbons (Fsp3) is 0.385. The zero-order valence-electron chi connectivity index (χ0n) is 10.1. The molecular weight excluding hydrogens is 183 g/mol. The molecule has 1 rings (SSSR count). The maximum atomic E-state index is 6.04. The Labute approximate surface area is 92.9 Å². The first kappa shape index (κ1) is 11.9. The van der Waals surface area contributed by atoms with Crippen LogP contribution < -0.4 is 20.6 Å². The van der Waals surface area contributed by atoms with Gasteiger partial charge in [0.05, 0.1) is 7.11 Å². The third kappa shape index (κ3) is 1.81. The fourth-order valence-electron chi connectivity index (χ4n) is 1.92. The van der Waals surface area contributed by atoms with Crippen LogP contribution in [-0.4, -0.2) is 15.0 Å². The Hall–Kier alpha value is -1.18. The topological polar surface area (TPSA) is 9.23 Å². The van der Waals surface area contributed by atoms with Crippen LogP contribution in [0.1, 0.15) is 25.0 Å². The summed E-state index contributed by atoms with van der Waals surface area (Å²) in [5, 5.41) is 2.29. The SMILES string of the molecule is [B]c1c(C)c(C)c(=C/C)/c(=C\C)c1OC. The molecule has 1 aromatic rings. The second-order valence-corrected chi connectivity index (χ2v) is 3.60. The largest absolute Gasteiger partial charge is 0.497 e. The highest BCUT2D eigenvalue weighted by atomic mass is 16.5. The summed E-state index contributed by atoms with van der Waals surface area (Å²) in [7, 11) is 7.69. The molecule has 1 nitrogen and oxygen atoms in total. The first-order chi connectivity index (χ1) is 7.08. The van der Waals surface area contributed by atoms with E-state index in [1.54, 1.807) is 7.11 Å². The summed E-state index contributed by atoms with van der Waals surface area (Å²) in [6.07, 6.45) is 4.14. The van der Waals surface area contributed by atoms with Crippen LogP contribution in [0.2, 0.25) is 0 Å². The molecule has 0 N–H and O–H groups in total. The van der Waals surface area contributed by atoms with E-state index in [1.807, 2.05) is 26.8 Å². The van der Waals surface area contributed by atoms with Crippen molar-refractivity contribution >= 4 is 25.5 Å². The van der Waals surface area contributed by atoms with Gasteiger partial charge in [0, 0.05) is 5.22 Å². The number of hydrogen-bond donors (Lipinski definition) is 0. The predicted octanol–water partition coefficient (Wildman–Crippen LogP) is 0.707. The molecule has 0 unspecified atom stereocenters. The van der Waals surface area contributed by atoms with Gasteiger partial charge in [0.15, 0.2) is 0 Å². The Kier molecular flexibility index (Phi) is 3.62. The van der Waals surface area contributed by atoms with E-state index < -0.39 is 0 Å². The fourth-order valence-corrected chi connectivity index (χ4v) is 1.92. The van der Waals surface area contributed by atoms with Gasteiger partial charge in [-0.1, -0.05) is 23.2 Å². The maximum absolute atomic E-state index is 6.04. The molecule has 0 aliphatic heterocycles. The Bertz CT molecular complexity index is 486. The van der Waals surface area contributed by atoms with Gasteiger partial charge in [0.2, 0.25) is 0 Å². The molecule has 78 valence electrons. The van der Waals surface area contributed by atoms with E-state index in [4.69, 9.17) is 12.6 Å². The average Bonchev–Trinajstić information content (AvgIpc) is 2.25. The van der Waals surface area contributed by atoms with Gasteiger partial charge in [-0.25, -0.2) is 0 Å². The van der Waals surface area contributed by atoms with E-state index in [9.17, 15) is 0 Å². The van der Waals surface area contributed by atoms with Crippen LogP contribution in [0.25, 0.3) is 12.2 Å². The summed E-state index contributed by atoms with van der Waals surface area (Å²) < 4.78 is 5.37. The molecule has 0 atom stereocenters. The quantitative estimate of drug-likeness (QED) is 0.606. The van der Waals surface area contributed by atoms with Gasteiger partial charge in [-0.3, -0.25) is 0 Å². The van der Waals surface area contributed by atoms with E-state index in [1.165, 1.54) is 10.8 Å².